The second-order valence-corrected chi connectivity index (χ2v) is 5.50. The second-order valence-electron chi connectivity index (χ2n) is 5.50. The Morgan fingerprint density at radius 1 is 1.05 bits per heavy atom. The van der Waals surface area contributed by atoms with Crippen molar-refractivity contribution >= 4 is 0 Å². The van der Waals surface area contributed by atoms with E-state index < -0.39 is 0 Å². The zero-order valence-corrected chi connectivity index (χ0v) is 13.2. The molecule has 1 fully saturated rings. The predicted molar refractivity (Wildman–Crippen MR) is 84.1 cm³/mol. The molecule has 2 rings (SSSR count). The normalized spacial score (nSPS) is 15.9. The Labute approximate surface area is 127 Å². The van der Waals surface area contributed by atoms with Crippen LogP contribution in [-0.2, 0) is 11.3 Å². The van der Waals surface area contributed by atoms with E-state index in [4.69, 9.17) is 14.2 Å². The van der Waals surface area contributed by atoms with Crippen LogP contribution in [0.3, 0.4) is 0 Å². The molecular formula is C17H27NO3. The number of ether oxygens (including phenoxy) is 3. The summed E-state index contributed by atoms with van der Waals surface area (Å²) in [5, 5.41) is 3.41. The molecule has 0 heterocycles. The Bertz CT molecular complexity index is 416. The molecule has 0 bridgehead atoms. The van der Waals surface area contributed by atoms with Crippen molar-refractivity contribution in [3.8, 4) is 11.5 Å². The molecule has 4 nitrogen and oxygen atoms in total. The first kappa shape index (κ1) is 16.1. The van der Waals surface area contributed by atoms with Gasteiger partial charge in [0.25, 0.3) is 0 Å². The van der Waals surface area contributed by atoms with Gasteiger partial charge in [-0.25, -0.2) is 0 Å². The van der Waals surface area contributed by atoms with Crippen LogP contribution in [0.5, 0.6) is 11.5 Å². The zero-order chi connectivity index (χ0) is 14.9. The maximum absolute atomic E-state index is 5.90. The van der Waals surface area contributed by atoms with E-state index in [1.807, 2.05) is 12.1 Å². The van der Waals surface area contributed by atoms with Crippen LogP contribution in [0.25, 0.3) is 0 Å². The molecule has 0 atom stereocenters. The molecule has 118 valence electrons. The third-order valence-electron chi connectivity index (χ3n) is 3.96. The van der Waals surface area contributed by atoms with Gasteiger partial charge in [-0.3, -0.25) is 0 Å². The van der Waals surface area contributed by atoms with Crippen LogP contribution in [0.15, 0.2) is 18.2 Å². The number of rotatable bonds is 8. The Morgan fingerprint density at radius 2 is 1.81 bits per heavy atom. The van der Waals surface area contributed by atoms with Crippen LogP contribution in [0.1, 0.15) is 37.7 Å². The highest BCUT2D eigenvalue weighted by Crippen LogP contribution is 2.27. The second kappa shape index (κ2) is 8.90. The lowest BCUT2D eigenvalue weighted by molar-refractivity contribution is 0.0302. The van der Waals surface area contributed by atoms with Gasteiger partial charge in [-0.15, -0.1) is 0 Å². The first-order chi connectivity index (χ1) is 10.3. The summed E-state index contributed by atoms with van der Waals surface area (Å²) < 4.78 is 16.4. The topological polar surface area (TPSA) is 39.7 Å². The Kier molecular flexibility index (Phi) is 6.83. The molecular weight excluding hydrogens is 266 g/mol. The summed E-state index contributed by atoms with van der Waals surface area (Å²) in [5.41, 5.74) is 1.19. The van der Waals surface area contributed by atoms with Crippen molar-refractivity contribution in [2.24, 2.45) is 0 Å². The summed E-state index contributed by atoms with van der Waals surface area (Å²) in [6.45, 7) is 2.48. The van der Waals surface area contributed by atoms with Gasteiger partial charge in [0.15, 0.2) is 11.5 Å². The highest BCUT2D eigenvalue weighted by molar-refractivity contribution is 5.42. The molecule has 0 unspecified atom stereocenters. The minimum atomic E-state index is 0.488. The quantitative estimate of drug-likeness (QED) is 0.747. The maximum atomic E-state index is 5.90. The third-order valence-corrected chi connectivity index (χ3v) is 3.96. The van der Waals surface area contributed by atoms with Crippen LogP contribution >= 0.6 is 0 Å². The lowest BCUT2D eigenvalue weighted by Gasteiger charge is -2.22. The van der Waals surface area contributed by atoms with E-state index in [2.05, 4.69) is 11.4 Å². The molecule has 1 aromatic rings. The van der Waals surface area contributed by atoms with Gasteiger partial charge in [0.05, 0.1) is 26.9 Å². The minimum absolute atomic E-state index is 0.488. The monoisotopic (exact) mass is 293 g/mol. The van der Waals surface area contributed by atoms with E-state index in [-0.39, 0.29) is 0 Å². The molecule has 21 heavy (non-hydrogen) atoms. The van der Waals surface area contributed by atoms with E-state index >= 15 is 0 Å². The fraction of sp³-hybridized carbons (Fsp3) is 0.647. The van der Waals surface area contributed by atoms with Crippen molar-refractivity contribution in [1.29, 1.82) is 0 Å². The Hall–Kier alpha value is -1.26. The van der Waals surface area contributed by atoms with E-state index in [0.717, 1.165) is 31.2 Å². The van der Waals surface area contributed by atoms with Gasteiger partial charge in [0.2, 0.25) is 0 Å². The highest BCUT2D eigenvalue weighted by atomic mass is 16.5. The predicted octanol–water partition coefficient (Wildman–Crippen LogP) is 3.14. The van der Waals surface area contributed by atoms with E-state index in [1.54, 1.807) is 14.2 Å². The van der Waals surface area contributed by atoms with Crippen molar-refractivity contribution in [3.63, 3.8) is 0 Å². The number of methoxy groups -OCH3 is 2. The van der Waals surface area contributed by atoms with E-state index in [1.165, 1.54) is 37.7 Å². The molecule has 0 aliphatic heterocycles. The molecule has 1 aliphatic carbocycles. The number of benzene rings is 1. The lowest BCUT2D eigenvalue weighted by Crippen LogP contribution is -2.24. The minimum Gasteiger partial charge on any atom is -0.493 e. The molecule has 1 aromatic carbocycles. The summed E-state index contributed by atoms with van der Waals surface area (Å²) in [7, 11) is 3.31. The number of hydrogen-bond donors (Lipinski definition) is 1. The Morgan fingerprint density at radius 3 is 2.52 bits per heavy atom. The maximum Gasteiger partial charge on any atom is 0.161 e. The first-order valence-corrected chi connectivity index (χ1v) is 7.86. The van der Waals surface area contributed by atoms with Crippen molar-refractivity contribution in [3.05, 3.63) is 23.8 Å². The van der Waals surface area contributed by atoms with Crippen LogP contribution < -0.4 is 14.8 Å². The first-order valence-electron chi connectivity index (χ1n) is 7.86. The van der Waals surface area contributed by atoms with Gasteiger partial charge in [-0.1, -0.05) is 25.3 Å². The van der Waals surface area contributed by atoms with Crippen molar-refractivity contribution < 1.29 is 14.2 Å². The van der Waals surface area contributed by atoms with E-state index in [0.29, 0.717) is 6.10 Å². The fourth-order valence-electron chi connectivity index (χ4n) is 2.75. The van der Waals surface area contributed by atoms with Crippen LogP contribution in [-0.4, -0.2) is 33.5 Å². The van der Waals surface area contributed by atoms with Crippen molar-refractivity contribution in [2.45, 2.75) is 44.8 Å². The van der Waals surface area contributed by atoms with Crippen LogP contribution in [0.4, 0.5) is 0 Å². The van der Waals surface area contributed by atoms with Gasteiger partial charge in [0, 0.05) is 13.1 Å². The summed E-state index contributed by atoms with van der Waals surface area (Å²) in [4.78, 5) is 0. The fourth-order valence-corrected chi connectivity index (χ4v) is 2.75. The molecule has 0 aromatic heterocycles. The molecule has 0 amide bonds. The van der Waals surface area contributed by atoms with Gasteiger partial charge in [-0.2, -0.15) is 0 Å². The van der Waals surface area contributed by atoms with Crippen LogP contribution in [0, 0.1) is 0 Å². The molecule has 1 N–H and O–H groups in total. The van der Waals surface area contributed by atoms with E-state index in [9.17, 15) is 0 Å². The molecule has 1 aliphatic rings. The lowest BCUT2D eigenvalue weighted by atomic mass is 9.98. The summed E-state index contributed by atoms with van der Waals surface area (Å²) in [5.74, 6) is 1.54. The SMILES string of the molecule is COc1ccc(CNCCOC2CCCCC2)cc1OC. The van der Waals surface area contributed by atoms with Gasteiger partial charge in [-0.05, 0) is 30.5 Å². The number of hydrogen-bond acceptors (Lipinski definition) is 4. The zero-order valence-electron chi connectivity index (χ0n) is 13.2. The molecule has 0 saturated heterocycles. The summed E-state index contributed by atoms with van der Waals surface area (Å²) >= 11 is 0. The van der Waals surface area contributed by atoms with Gasteiger partial charge in [0.1, 0.15) is 0 Å². The Balaban J connectivity index is 1.66. The van der Waals surface area contributed by atoms with Gasteiger partial charge < -0.3 is 19.5 Å². The standard InChI is InChI=1S/C17H27NO3/c1-19-16-9-8-14(12-17(16)20-2)13-18-10-11-21-15-6-4-3-5-7-15/h8-9,12,15,18H,3-7,10-11,13H2,1-2H3. The van der Waals surface area contributed by atoms with Crippen molar-refractivity contribution in [1.82, 2.24) is 5.32 Å². The average molecular weight is 293 g/mol. The summed E-state index contributed by atoms with van der Waals surface area (Å²) in [6.07, 6.45) is 6.97. The molecule has 0 spiro atoms. The molecule has 4 heteroatoms. The number of nitrogens with one attached hydrogen (secondary N) is 1. The summed E-state index contributed by atoms with van der Waals surface area (Å²) in [6, 6.07) is 6.00. The molecule has 1 saturated carbocycles. The largest absolute Gasteiger partial charge is 0.493 e. The average Bonchev–Trinajstić information content (AvgIpc) is 2.55. The smallest absolute Gasteiger partial charge is 0.161 e. The van der Waals surface area contributed by atoms with Crippen molar-refractivity contribution in [2.75, 3.05) is 27.4 Å². The molecule has 0 radical (unpaired) electrons. The third kappa shape index (κ3) is 5.21. The van der Waals surface area contributed by atoms with Crippen LogP contribution in [0.2, 0.25) is 0 Å². The van der Waals surface area contributed by atoms with Gasteiger partial charge >= 0.3 is 0 Å². The highest BCUT2D eigenvalue weighted by Gasteiger charge is 2.12.